The summed E-state index contributed by atoms with van der Waals surface area (Å²) in [5, 5.41) is 17.3. The van der Waals surface area contributed by atoms with E-state index >= 15 is 0 Å². The summed E-state index contributed by atoms with van der Waals surface area (Å²) in [6, 6.07) is 2.60. The van der Waals surface area contributed by atoms with Gasteiger partial charge >= 0.3 is 12.1 Å². The van der Waals surface area contributed by atoms with E-state index in [4.69, 9.17) is 10.2 Å². The molecule has 0 bridgehead atoms. The van der Waals surface area contributed by atoms with E-state index in [-0.39, 0.29) is 5.56 Å². The van der Waals surface area contributed by atoms with Gasteiger partial charge in [0.15, 0.2) is 0 Å². The van der Waals surface area contributed by atoms with Crippen LogP contribution in [0, 0.1) is 11.8 Å². The van der Waals surface area contributed by atoms with E-state index in [2.05, 4.69) is 11.8 Å². The number of rotatable bonds is 1. The van der Waals surface area contributed by atoms with Crippen LogP contribution in [0.4, 0.5) is 13.2 Å². The molecule has 0 aliphatic heterocycles. The molecule has 1 aromatic carbocycles. The molecule has 0 radical (unpaired) electrons. The van der Waals surface area contributed by atoms with Crippen molar-refractivity contribution in [2.45, 2.75) is 12.6 Å². The van der Waals surface area contributed by atoms with Crippen LogP contribution >= 0.6 is 0 Å². The van der Waals surface area contributed by atoms with Crippen LogP contribution < -0.4 is 0 Å². The average molecular weight is 244 g/mol. The third-order valence-corrected chi connectivity index (χ3v) is 1.77. The van der Waals surface area contributed by atoms with Gasteiger partial charge in [-0.2, -0.15) is 13.2 Å². The summed E-state index contributed by atoms with van der Waals surface area (Å²) in [4.78, 5) is 10.2. The smallest absolute Gasteiger partial charge is 0.417 e. The van der Waals surface area contributed by atoms with E-state index in [0.29, 0.717) is 6.07 Å². The first-order chi connectivity index (χ1) is 7.80. The molecule has 0 amide bonds. The molecular weight excluding hydrogens is 237 g/mol. The Morgan fingerprint density at radius 3 is 2.53 bits per heavy atom. The molecule has 0 aliphatic carbocycles. The van der Waals surface area contributed by atoms with Gasteiger partial charge in [-0.15, -0.1) is 0 Å². The molecule has 0 atom stereocenters. The van der Waals surface area contributed by atoms with Crippen molar-refractivity contribution in [1.29, 1.82) is 0 Å². The zero-order valence-electron chi connectivity index (χ0n) is 8.38. The zero-order chi connectivity index (χ0) is 13.1. The first kappa shape index (κ1) is 12.9. The van der Waals surface area contributed by atoms with E-state index in [0.717, 1.165) is 12.1 Å². The van der Waals surface area contributed by atoms with Crippen LogP contribution in [0.25, 0.3) is 0 Å². The third-order valence-electron chi connectivity index (χ3n) is 1.77. The van der Waals surface area contributed by atoms with Gasteiger partial charge in [0.25, 0.3) is 0 Å². The number of carboxylic acids is 1. The maximum atomic E-state index is 12.5. The summed E-state index contributed by atoms with van der Waals surface area (Å²) in [6.45, 7) is 0. The summed E-state index contributed by atoms with van der Waals surface area (Å²) < 4.78 is 37.6. The van der Waals surface area contributed by atoms with Crippen LogP contribution in [-0.4, -0.2) is 16.2 Å². The third kappa shape index (κ3) is 3.72. The van der Waals surface area contributed by atoms with Gasteiger partial charge in [0.05, 0.1) is 5.56 Å². The minimum absolute atomic E-state index is 0.364. The number of hydrogen-bond acceptors (Lipinski definition) is 2. The summed E-state index contributed by atoms with van der Waals surface area (Å²) in [6.07, 6.45) is -5.19. The molecule has 0 saturated carbocycles. The molecule has 90 valence electrons. The number of halogens is 3. The lowest BCUT2D eigenvalue weighted by Crippen LogP contribution is -2.07. The number of hydrogen-bond donors (Lipinski definition) is 2. The highest BCUT2D eigenvalue weighted by Crippen LogP contribution is 2.33. The van der Waals surface area contributed by atoms with Gasteiger partial charge in [-0.1, -0.05) is 11.8 Å². The van der Waals surface area contributed by atoms with Crippen LogP contribution in [0.15, 0.2) is 18.2 Å². The molecule has 0 heterocycles. The monoisotopic (exact) mass is 244 g/mol. The maximum Gasteiger partial charge on any atom is 0.417 e. The molecule has 0 aliphatic rings. The molecule has 17 heavy (non-hydrogen) atoms. The fraction of sp³-hybridized carbons (Fsp3) is 0.182. The van der Waals surface area contributed by atoms with E-state index < -0.39 is 29.9 Å². The first-order valence-electron chi connectivity index (χ1n) is 4.41. The summed E-state index contributed by atoms with van der Waals surface area (Å²) in [5.41, 5.74) is -1.45. The lowest BCUT2D eigenvalue weighted by molar-refractivity contribution is -0.138. The molecule has 0 saturated heterocycles. The van der Waals surface area contributed by atoms with Crippen molar-refractivity contribution in [2.24, 2.45) is 0 Å². The first-order valence-corrected chi connectivity index (χ1v) is 4.41. The van der Waals surface area contributed by atoms with Gasteiger partial charge in [0, 0.05) is 5.56 Å². The van der Waals surface area contributed by atoms with Crippen LogP contribution in [0.2, 0.25) is 0 Å². The molecule has 3 nitrogen and oxygen atoms in total. The molecule has 0 fully saturated rings. The van der Waals surface area contributed by atoms with Gasteiger partial charge in [-0.05, 0) is 18.2 Å². The van der Waals surface area contributed by atoms with Gasteiger partial charge < -0.3 is 10.2 Å². The molecule has 2 N–H and O–H groups in total. The number of alkyl halides is 3. The number of carboxylic acid groups (broad SMARTS) is 1. The van der Waals surface area contributed by atoms with Crippen molar-refractivity contribution < 1.29 is 28.2 Å². The maximum absolute atomic E-state index is 12.5. The number of aliphatic carboxylic acids is 1. The number of carbonyl (C=O) groups is 1. The van der Waals surface area contributed by atoms with Crippen LogP contribution in [0.1, 0.15) is 17.5 Å². The fourth-order valence-electron chi connectivity index (χ4n) is 1.09. The topological polar surface area (TPSA) is 57.5 Å². The van der Waals surface area contributed by atoms with Crippen molar-refractivity contribution in [3.05, 3.63) is 29.3 Å². The lowest BCUT2D eigenvalue weighted by atomic mass is 10.1. The quantitative estimate of drug-likeness (QED) is 0.745. The zero-order valence-corrected chi connectivity index (χ0v) is 8.38. The molecule has 1 aromatic rings. The van der Waals surface area contributed by atoms with Crippen molar-refractivity contribution in [3.63, 3.8) is 0 Å². The normalized spacial score (nSPS) is 10.5. The fourth-order valence-corrected chi connectivity index (χ4v) is 1.09. The van der Waals surface area contributed by atoms with Gasteiger partial charge in [-0.3, -0.25) is 4.79 Å². The van der Waals surface area contributed by atoms with E-state index in [1.54, 1.807) is 0 Å². The van der Waals surface area contributed by atoms with Crippen molar-refractivity contribution in [2.75, 3.05) is 0 Å². The van der Waals surface area contributed by atoms with E-state index in [1.165, 1.54) is 0 Å². The summed E-state index contributed by atoms with van der Waals surface area (Å²) >= 11 is 0. The Balaban J connectivity index is 3.14. The second-order valence-electron chi connectivity index (χ2n) is 3.10. The lowest BCUT2D eigenvalue weighted by Gasteiger charge is -2.09. The summed E-state index contributed by atoms with van der Waals surface area (Å²) in [5.74, 6) is 2.47. The van der Waals surface area contributed by atoms with E-state index in [9.17, 15) is 18.0 Å². The van der Waals surface area contributed by atoms with Gasteiger partial charge in [0.2, 0.25) is 0 Å². The SMILES string of the molecule is O=C(O)CC#Cc1ccc(O)cc1C(F)(F)F. The Kier molecular flexibility index (Phi) is 3.63. The Bertz CT molecular complexity index is 495. The van der Waals surface area contributed by atoms with Crippen LogP contribution in [-0.2, 0) is 11.0 Å². The second kappa shape index (κ2) is 4.78. The second-order valence-corrected chi connectivity index (χ2v) is 3.10. The van der Waals surface area contributed by atoms with E-state index in [1.807, 2.05) is 0 Å². The Morgan fingerprint density at radius 2 is 2.00 bits per heavy atom. The minimum Gasteiger partial charge on any atom is -0.508 e. The number of phenolic OH excluding ortho intramolecular Hbond substituents is 1. The van der Waals surface area contributed by atoms with Gasteiger partial charge in [-0.25, -0.2) is 0 Å². The Labute approximate surface area is 94.5 Å². The standard InChI is InChI=1S/C11H7F3O3/c12-11(13,14)9-6-8(15)5-4-7(9)2-1-3-10(16)17/h4-6,15H,3H2,(H,16,17). The molecule has 0 spiro atoms. The van der Waals surface area contributed by atoms with Crippen molar-refractivity contribution >= 4 is 5.97 Å². The highest BCUT2D eigenvalue weighted by Gasteiger charge is 2.33. The summed E-state index contributed by atoms with van der Waals surface area (Å²) in [7, 11) is 0. The van der Waals surface area contributed by atoms with Gasteiger partial charge in [0.1, 0.15) is 12.2 Å². The van der Waals surface area contributed by atoms with Crippen molar-refractivity contribution in [3.8, 4) is 17.6 Å². The van der Waals surface area contributed by atoms with Crippen molar-refractivity contribution in [1.82, 2.24) is 0 Å². The number of phenols is 1. The largest absolute Gasteiger partial charge is 0.508 e. The van der Waals surface area contributed by atoms with Crippen LogP contribution in [0.3, 0.4) is 0 Å². The Morgan fingerprint density at radius 1 is 1.35 bits per heavy atom. The number of benzene rings is 1. The van der Waals surface area contributed by atoms with Crippen LogP contribution in [0.5, 0.6) is 5.75 Å². The minimum atomic E-state index is -4.65. The molecular formula is C11H7F3O3. The molecule has 6 heteroatoms. The number of aromatic hydroxyl groups is 1. The predicted octanol–water partition coefficient (Wildman–Crippen LogP) is 2.24. The Hall–Kier alpha value is -2.16. The molecule has 1 rings (SSSR count). The highest BCUT2D eigenvalue weighted by molar-refractivity contribution is 5.70. The predicted molar refractivity (Wildman–Crippen MR) is 52.2 cm³/mol. The molecule has 0 aromatic heterocycles. The molecule has 0 unspecified atom stereocenters. The average Bonchev–Trinajstić information content (AvgIpc) is 2.18. The highest BCUT2D eigenvalue weighted by atomic mass is 19.4.